The predicted octanol–water partition coefficient (Wildman–Crippen LogP) is 1.49. The van der Waals surface area contributed by atoms with E-state index in [-0.39, 0.29) is 38.3 Å². The maximum Gasteiger partial charge on any atom is 0.326 e. The topological polar surface area (TPSA) is 240 Å². The number of piperidine rings is 1. The van der Waals surface area contributed by atoms with E-state index in [0.717, 1.165) is 29.2 Å². The van der Waals surface area contributed by atoms with E-state index in [9.17, 15) is 39.0 Å². The molecule has 0 aromatic heterocycles. The molecule has 5 amide bonds. The Bertz CT molecular complexity index is 1410. The van der Waals surface area contributed by atoms with Crippen molar-refractivity contribution in [2.75, 3.05) is 26.2 Å². The number of benzene rings is 2. The van der Waals surface area contributed by atoms with Crippen LogP contribution >= 0.6 is 0 Å². The first-order valence-electron chi connectivity index (χ1n) is 15.7. The number of hydrogen-bond acceptors (Lipinski definition) is 7. The lowest BCUT2D eigenvalue weighted by Crippen LogP contribution is -2.53. The Kier molecular flexibility index (Phi) is 14.2. The molecule has 15 nitrogen and oxygen atoms in total. The van der Waals surface area contributed by atoms with Gasteiger partial charge in [0.05, 0.1) is 0 Å². The number of likely N-dealkylation sites (tertiary alicyclic amines) is 1. The largest absolute Gasteiger partial charge is 0.481 e. The van der Waals surface area contributed by atoms with E-state index in [0.29, 0.717) is 32.0 Å². The van der Waals surface area contributed by atoms with Crippen molar-refractivity contribution in [3.8, 4) is 0 Å². The number of carbonyl (C=O) groups is 6. The van der Waals surface area contributed by atoms with E-state index in [1.54, 1.807) is 4.90 Å². The Morgan fingerprint density at radius 3 is 2.06 bits per heavy atom. The number of hydrogen-bond donors (Lipinski definition) is 8. The minimum atomic E-state index is -1.50. The number of rotatable bonds is 17. The van der Waals surface area contributed by atoms with Crippen LogP contribution in [0.5, 0.6) is 0 Å². The highest BCUT2D eigenvalue weighted by molar-refractivity contribution is 5.88. The van der Waals surface area contributed by atoms with Gasteiger partial charge >= 0.3 is 30.0 Å². The summed E-state index contributed by atoms with van der Waals surface area (Å²) in [7, 11) is 0. The van der Waals surface area contributed by atoms with Gasteiger partial charge in [0.15, 0.2) is 0 Å². The van der Waals surface area contributed by atoms with Crippen molar-refractivity contribution in [2.45, 2.75) is 69.5 Å². The van der Waals surface area contributed by atoms with Crippen LogP contribution in [0, 0.1) is 5.92 Å². The zero-order valence-corrected chi connectivity index (χ0v) is 26.2. The molecule has 0 radical (unpaired) electrons. The quantitative estimate of drug-likeness (QED) is 0.114. The van der Waals surface area contributed by atoms with Gasteiger partial charge < -0.3 is 47.2 Å². The van der Waals surface area contributed by atoms with Crippen LogP contribution in [0.1, 0.15) is 50.5 Å². The van der Waals surface area contributed by atoms with Gasteiger partial charge in [0.1, 0.15) is 18.1 Å². The molecule has 0 spiro atoms. The smallest absolute Gasteiger partial charge is 0.326 e. The lowest BCUT2D eigenvalue weighted by atomic mass is 9.97. The zero-order valence-electron chi connectivity index (χ0n) is 26.2. The van der Waals surface area contributed by atoms with E-state index >= 15 is 0 Å². The summed E-state index contributed by atoms with van der Waals surface area (Å²) < 4.78 is 0. The fraction of sp³-hybridized carbons (Fsp3) is 0.500. The van der Waals surface area contributed by atoms with Crippen molar-refractivity contribution in [1.82, 2.24) is 26.2 Å². The number of amides is 5. The summed E-state index contributed by atoms with van der Waals surface area (Å²) in [4.78, 5) is 74.1. The highest BCUT2D eigenvalue weighted by atomic mass is 16.4. The number of aliphatic carboxylic acids is 3. The SMILES string of the molecule is NCC1CCN(C(=O)N[C@@H](Cc2ccc3ccccc3c2)C(=O)NCCCC[C@H](NC(=O)N[C@@H](CCC(=O)O)C(=O)O)C(=O)O)CC1. The van der Waals surface area contributed by atoms with E-state index in [2.05, 4.69) is 21.3 Å². The average molecular weight is 657 g/mol. The molecule has 1 saturated heterocycles. The van der Waals surface area contributed by atoms with Crippen molar-refractivity contribution < 1.29 is 44.1 Å². The van der Waals surface area contributed by atoms with Crippen molar-refractivity contribution in [3.05, 3.63) is 48.0 Å². The maximum atomic E-state index is 13.3. The monoisotopic (exact) mass is 656 g/mol. The van der Waals surface area contributed by atoms with Crippen LogP contribution in [0.25, 0.3) is 10.8 Å². The Labute approximate surface area is 272 Å². The second-order valence-corrected chi connectivity index (χ2v) is 11.7. The highest BCUT2D eigenvalue weighted by Crippen LogP contribution is 2.18. The van der Waals surface area contributed by atoms with E-state index in [1.165, 1.54) is 0 Å². The second kappa shape index (κ2) is 18.3. The number of nitrogens with two attached hydrogens (primary N) is 1. The van der Waals surface area contributed by atoms with Gasteiger partial charge in [-0.05, 0) is 67.3 Å². The average Bonchev–Trinajstić information content (AvgIpc) is 3.05. The molecule has 2 aromatic rings. The number of carbonyl (C=O) groups excluding carboxylic acids is 3. The van der Waals surface area contributed by atoms with Crippen LogP contribution in [0.3, 0.4) is 0 Å². The number of fused-ring (bicyclic) bond motifs is 1. The van der Waals surface area contributed by atoms with Crippen molar-refractivity contribution in [3.63, 3.8) is 0 Å². The maximum absolute atomic E-state index is 13.3. The molecule has 15 heteroatoms. The molecule has 1 aliphatic heterocycles. The lowest BCUT2D eigenvalue weighted by molar-refractivity contribution is -0.140. The third kappa shape index (κ3) is 12.1. The predicted molar refractivity (Wildman–Crippen MR) is 172 cm³/mol. The third-order valence-electron chi connectivity index (χ3n) is 8.18. The molecule has 9 N–H and O–H groups in total. The van der Waals surface area contributed by atoms with Crippen LogP contribution < -0.4 is 27.0 Å². The van der Waals surface area contributed by atoms with Crippen molar-refractivity contribution in [2.24, 2.45) is 11.7 Å². The molecule has 256 valence electrons. The molecule has 2 aromatic carbocycles. The van der Waals surface area contributed by atoms with Gasteiger partial charge in [0.25, 0.3) is 0 Å². The summed E-state index contributed by atoms with van der Waals surface area (Å²) in [5.74, 6) is -4.05. The molecular formula is C32H44N6O9. The molecule has 3 atom stereocenters. The molecular weight excluding hydrogens is 612 g/mol. The van der Waals surface area contributed by atoms with Crippen LogP contribution in [0.15, 0.2) is 42.5 Å². The molecule has 3 rings (SSSR count). The first-order valence-corrected chi connectivity index (χ1v) is 15.7. The summed E-state index contributed by atoms with van der Waals surface area (Å²) in [6, 6.07) is 8.59. The Balaban J connectivity index is 1.54. The Hall–Kier alpha value is -4.92. The highest BCUT2D eigenvalue weighted by Gasteiger charge is 2.28. The van der Waals surface area contributed by atoms with Gasteiger partial charge in [-0.15, -0.1) is 0 Å². The minimum absolute atomic E-state index is 0.0124. The Morgan fingerprint density at radius 1 is 0.809 bits per heavy atom. The zero-order chi connectivity index (χ0) is 34.3. The van der Waals surface area contributed by atoms with Gasteiger partial charge in [0, 0.05) is 32.5 Å². The van der Waals surface area contributed by atoms with E-state index in [4.69, 9.17) is 10.8 Å². The van der Waals surface area contributed by atoms with Crippen LogP contribution in [-0.4, -0.2) is 100 Å². The standard InChI is InChI=1S/C32H44N6O9/c33-19-20-12-15-38(16-13-20)32(47)37-26(18-21-8-9-22-5-1-2-6-23(22)17-21)28(41)34-14-4-3-7-24(29(42)43)35-31(46)36-25(30(44)45)10-11-27(39)40/h1-2,5-6,8-9,17,20,24-26H,3-4,7,10-16,18-19,33H2,(H,34,41)(H,37,47)(H,39,40)(H,42,43)(H,44,45)(H2,35,36,46)/t24-,25-,26-/m0/s1. The molecule has 0 saturated carbocycles. The van der Waals surface area contributed by atoms with Crippen molar-refractivity contribution >= 4 is 46.6 Å². The third-order valence-corrected chi connectivity index (χ3v) is 8.18. The summed E-state index contributed by atoms with van der Waals surface area (Å²) >= 11 is 0. The normalized spacial score (nSPS) is 15.2. The number of nitrogens with zero attached hydrogens (tertiary/aromatic N) is 1. The molecule has 1 aliphatic rings. The van der Waals surface area contributed by atoms with E-state index < -0.39 is 54.4 Å². The fourth-order valence-electron chi connectivity index (χ4n) is 5.37. The Morgan fingerprint density at radius 2 is 1.45 bits per heavy atom. The molecule has 1 heterocycles. The molecule has 1 fully saturated rings. The molecule has 0 bridgehead atoms. The second-order valence-electron chi connectivity index (χ2n) is 11.7. The van der Waals surface area contributed by atoms with Gasteiger partial charge in [-0.3, -0.25) is 9.59 Å². The number of carboxylic acids is 3. The van der Waals surface area contributed by atoms with E-state index in [1.807, 2.05) is 42.5 Å². The number of nitrogens with one attached hydrogen (secondary N) is 4. The fourth-order valence-corrected chi connectivity index (χ4v) is 5.37. The number of carboxylic acid groups (broad SMARTS) is 3. The van der Waals surface area contributed by atoms with Gasteiger partial charge in [-0.2, -0.15) is 0 Å². The van der Waals surface area contributed by atoms with Crippen molar-refractivity contribution in [1.29, 1.82) is 0 Å². The van der Waals surface area contributed by atoms with Crippen LogP contribution in [0.4, 0.5) is 9.59 Å². The summed E-state index contributed by atoms with van der Waals surface area (Å²) in [6.07, 6.45) is 1.62. The first-order chi connectivity index (χ1) is 22.5. The van der Waals surface area contributed by atoms with Gasteiger partial charge in [-0.1, -0.05) is 42.5 Å². The van der Waals surface area contributed by atoms with Crippen LogP contribution in [-0.2, 0) is 25.6 Å². The summed E-state index contributed by atoms with van der Waals surface area (Å²) in [6.45, 7) is 1.85. The first kappa shape index (κ1) is 36.5. The molecule has 0 unspecified atom stereocenters. The minimum Gasteiger partial charge on any atom is -0.481 e. The summed E-state index contributed by atoms with van der Waals surface area (Å²) in [5, 5.41) is 39.5. The summed E-state index contributed by atoms with van der Waals surface area (Å²) in [5.41, 5.74) is 6.65. The lowest BCUT2D eigenvalue weighted by Gasteiger charge is -2.32. The molecule has 0 aliphatic carbocycles. The van der Waals surface area contributed by atoms with Crippen LogP contribution in [0.2, 0.25) is 0 Å². The van der Waals surface area contributed by atoms with Gasteiger partial charge in [-0.25, -0.2) is 19.2 Å². The molecule has 47 heavy (non-hydrogen) atoms. The number of unbranched alkanes of at least 4 members (excludes halogenated alkanes) is 1. The van der Waals surface area contributed by atoms with Gasteiger partial charge in [0.2, 0.25) is 5.91 Å². The number of urea groups is 2.